The monoisotopic (exact) mass is 194 g/mol. The smallest absolute Gasteiger partial charge is 0.120 e. The molecule has 0 bridgehead atoms. The summed E-state index contributed by atoms with van der Waals surface area (Å²) in [5, 5.41) is 0. The Bertz CT molecular complexity index is 271. The Kier molecular flexibility index (Phi) is 2.89. The molecule has 2 heterocycles. The first-order valence-corrected chi connectivity index (χ1v) is 5.28. The van der Waals surface area contributed by atoms with Crippen LogP contribution in [0.3, 0.4) is 0 Å². The molecule has 1 aromatic rings. The van der Waals surface area contributed by atoms with Crippen LogP contribution in [0.5, 0.6) is 0 Å². The molecule has 0 spiro atoms. The first kappa shape index (κ1) is 9.74. The van der Waals surface area contributed by atoms with Gasteiger partial charge in [-0.1, -0.05) is 0 Å². The third-order valence-electron chi connectivity index (χ3n) is 3.15. The fourth-order valence-corrected chi connectivity index (χ4v) is 2.12. The molecule has 1 aromatic heterocycles. The summed E-state index contributed by atoms with van der Waals surface area (Å²) >= 11 is 0. The molecule has 0 aliphatic carbocycles. The molecule has 3 nitrogen and oxygen atoms in total. The van der Waals surface area contributed by atoms with E-state index >= 15 is 0 Å². The van der Waals surface area contributed by atoms with Crippen molar-refractivity contribution in [2.45, 2.75) is 19.4 Å². The van der Waals surface area contributed by atoms with E-state index in [1.807, 2.05) is 12.1 Å². The average Bonchev–Trinajstić information content (AvgIpc) is 2.88. The minimum absolute atomic E-state index is 0.390. The van der Waals surface area contributed by atoms with Crippen molar-refractivity contribution in [3.05, 3.63) is 24.2 Å². The molecule has 1 saturated heterocycles. The third-order valence-corrected chi connectivity index (χ3v) is 3.15. The van der Waals surface area contributed by atoms with E-state index in [0.717, 1.165) is 25.4 Å². The Hall–Kier alpha value is -0.800. The first-order valence-electron chi connectivity index (χ1n) is 5.28. The Balaban J connectivity index is 1.97. The van der Waals surface area contributed by atoms with E-state index in [9.17, 15) is 0 Å². The van der Waals surface area contributed by atoms with Crippen LogP contribution < -0.4 is 5.73 Å². The van der Waals surface area contributed by atoms with Crippen molar-refractivity contribution in [3.63, 3.8) is 0 Å². The molecule has 3 heteroatoms. The van der Waals surface area contributed by atoms with Crippen LogP contribution in [0.15, 0.2) is 22.8 Å². The molecule has 1 aliphatic rings. The van der Waals surface area contributed by atoms with Crippen LogP contribution in [-0.4, -0.2) is 24.5 Å². The van der Waals surface area contributed by atoms with Gasteiger partial charge in [0, 0.05) is 6.54 Å². The largest absolute Gasteiger partial charge is 0.468 e. The Morgan fingerprint density at radius 1 is 1.71 bits per heavy atom. The molecule has 2 N–H and O–H groups in total. The van der Waals surface area contributed by atoms with Crippen LogP contribution in [0.25, 0.3) is 0 Å². The Morgan fingerprint density at radius 2 is 2.57 bits per heavy atom. The Morgan fingerprint density at radius 3 is 3.14 bits per heavy atom. The number of furan rings is 1. The lowest BCUT2D eigenvalue weighted by Gasteiger charge is -2.22. The summed E-state index contributed by atoms with van der Waals surface area (Å²) in [4.78, 5) is 2.44. The van der Waals surface area contributed by atoms with E-state index in [-0.39, 0.29) is 0 Å². The molecule has 0 amide bonds. The maximum absolute atomic E-state index is 5.66. The van der Waals surface area contributed by atoms with Crippen molar-refractivity contribution in [2.75, 3.05) is 19.6 Å². The fourth-order valence-electron chi connectivity index (χ4n) is 2.12. The minimum Gasteiger partial charge on any atom is -0.468 e. The van der Waals surface area contributed by atoms with Gasteiger partial charge in [-0.25, -0.2) is 0 Å². The van der Waals surface area contributed by atoms with Gasteiger partial charge in [0.05, 0.1) is 12.3 Å². The number of rotatable bonds is 3. The fraction of sp³-hybridized carbons (Fsp3) is 0.636. The van der Waals surface area contributed by atoms with Gasteiger partial charge in [-0.2, -0.15) is 0 Å². The molecule has 2 rings (SSSR count). The SMILES string of the molecule is C[C@@H](c1ccco1)N1CC[C@@H](CN)C1. The lowest BCUT2D eigenvalue weighted by Crippen LogP contribution is -2.25. The van der Waals surface area contributed by atoms with E-state index in [2.05, 4.69) is 11.8 Å². The van der Waals surface area contributed by atoms with Crippen molar-refractivity contribution < 1.29 is 4.42 Å². The highest BCUT2D eigenvalue weighted by Gasteiger charge is 2.26. The maximum Gasteiger partial charge on any atom is 0.120 e. The maximum atomic E-state index is 5.66. The normalized spacial score (nSPS) is 25.4. The zero-order valence-electron chi connectivity index (χ0n) is 8.65. The zero-order valence-corrected chi connectivity index (χ0v) is 8.65. The van der Waals surface area contributed by atoms with Crippen molar-refractivity contribution in [2.24, 2.45) is 11.7 Å². The van der Waals surface area contributed by atoms with Crippen LogP contribution in [0, 0.1) is 5.92 Å². The highest BCUT2D eigenvalue weighted by molar-refractivity contribution is 5.04. The molecular weight excluding hydrogens is 176 g/mol. The van der Waals surface area contributed by atoms with Crippen LogP contribution in [0.2, 0.25) is 0 Å². The molecule has 0 unspecified atom stereocenters. The van der Waals surface area contributed by atoms with Gasteiger partial charge in [0.25, 0.3) is 0 Å². The molecule has 0 saturated carbocycles. The summed E-state index contributed by atoms with van der Waals surface area (Å²) < 4.78 is 5.40. The van der Waals surface area contributed by atoms with Gasteiger partial charge in [-0.15, -0.1) is 0 Å². The Labute approximate surface area is 84.9 Å². The number of hydrogen-bond donors (Lipinski definition) is 1. The summed E-state index contributed by atoms with van der Waals surface area (Å²) in [6.45, 7) is 5.25. The van der Waals surface area contributed by atoms with Gasteiger partial charge in [0.2, 0.25) is 0 Å². The molecule has 2 atom stereocenters. The lowest BCUT2D eigenvalue weighted by atomic mass is 10.1. The summed E-state index contributed by atoms with van der Waals surface area (Å²) in [6, 6.07) is 4.38. The topological polar surface area (TPSA) is 42.4 Å². The summed E-state index contributed by atoms with van der Waals surface area (Å²) in [5.41, 5.74) is 5.66. The molecule has 1 fully saturated rings. The molecule has 78 valence electrons. The molecular formula is C11H18N2O. The van der Waals surface area contributed by atoms with Crippen LogP contribution in [-0.2, 0) is 0 Å². The first-order chi connectivity index (χ1) is 6.81. The van der Waals surface area contributed by atoms with Crippen LogP contribution in [0.4, 0.5) is 0 Å². The van der Waals surface area contributed by atoms with E-state index in [0.29, 0.717) is 12.0 Å². The highest BCUT2D eigenvalue weighted by atomic mass is 16.3. The predicted octanol–water partition coefficient (Wildman–Crippen LogP) is 1.62. The van der Waals surface area contributed by atoms with Crippen LogP contribution in [0.1, 0.15) is 25.1 Å². The molecule has 1 aliphatic heterocycles. The lowest BCUT2D eigenvalue weighted by molar-refractivity contribution is 0.224. The van der Waals surface area contributed by atoms with Gasteiger partial charge in [0.15, 0.2) is 0 Å². The van der Waals surface area contributed by atoms with E-state index in [1.54, 1.807) is 6.26 Å². The van der Waals surface area contributed by atoms with Crippen molar-refractivity contribution in [3.8, 4) is 0 Å². The van der Waals surface area contributed by atoms with E-state index in [4.69, 9.17) is 10.2 Å². The summed E-state index contributed by atoms with van der Waals surface area (Å²) in [7, 11) is 0. The number of nitrogens with two attached hydrogens (primary N) is 1. The van der Waals surface area contributed by atoms with Crippen molar-refractivity contribution in [1.29, 1.82) is 0 Å². The summed E-state index contributed by atoms with van der Waals surface area (Å²) in [5.74, 6) is 1.73. The predicted molar refractivity (Wildman–Crippen MR) is 55.9 cm³/mol. The van der Waals surface area contributed by atoms with E-state index < -0.39 is 0 Å². The second-order valence-electron chi connectivity index (χ2n) is 4.08. The molecule has 0 aromatic carbocycles. The van der Waals surface area contributed by atoms with Crippen molar-refractivity contribution >= 4 is 0 Å². The minimum atomic E-state index is 0.390. The van der Waals surface area contributed by atoms with Gasteiger partial charge < -0.3 is 10.2 Å². The standard InChI is InChI=1S/C11H18N2O/c1-9(11-3-2-6-14-11)13-5-4-10(7-12)8-13/h2-3,6,9-10H,4-5,7-8,12H2,1H3/t9-,10-/m0/s1. The average molecular weight is 194 g/mol. The van der Waals surface area contributed by atoms with Crippen LogP contribution >= 0.6 is 0 Å². The van der Waals surface area contributed by atoms with Gasteiger partial charge in [-0.05, 0) is 44.5 Å². The number of nitrogens with zero attached hydrogens (tertiary/aromatic N) is 1. The van der Waals surface area contributed by atoms with E-state index in [1.165, 1.54) is 6.42 Å². The van der Waals surface area contributed by atoms with Gasteiger partial charge in [0.1, 0.15) is 5.76 Å². The second-order valence-corrected chi connectivity index (χ2v) is 4.08. The zero-order chi connectivity index (χ0) is 9.97. The van der Waals surface area contributed by atoms with Gasteiger partial charge >= 0.3 is 0 Å². The molecule has 14 heavy (non-hydrogen) atoms. The molecule has 0 radical (unpaired) electrons. The quantitative estimate of drug-likeness (QED) is 0.795. The summed E-state index contributed by atoms with van der Waals surface area (Å²) in [6.07, 6.45) is 2.96. The number of hydrogen-bond acceptors (Lipinski definition) is 3. The van der Waals surface area contributed by atoms with Crippen molar-refractivity contribution in [1.82, 2.24) is 4.90 Å². The highest BCUT2D eigenvalue weighted by Crippen LogP contribution is 2.26. The third kappa shape index (κ3) is 1.83. The second kappa shape index (κ2) is 4.15. The van der Waals surface area contributed by atoms with Gasteiger partial charge in [-0.3, -0.25) is 4.90 Å². The number of likely N-dealkylation sites (tertiary alicyclic amines) is 1.